The molecule has 1 aromatic carbocycles. The minimum absolute atomic E-state index is 0.251. The molecule has 1 aliphatic rings. The Morgan fingerprint density at radius 1 is 1.53 bits per heavy atom. The van der Waals surface area contributed by atoms with E-state index in [4.69, 9.17) is 9.84 Å². The molecule has 1 atom stereocenters. The second-order valence-electron chi connectivity index (χ2n) is 4.97. The first-order chi connectivity index (χ1) is 9.20. The van der Waals surface area contributed by atoms with Gasteiger partial charge in [0, 0.05) is 12.5 Å². The number of benzene rings is 1. The van der Waals surface area contributed by atoms with E-state index in [0.717, 1.165) is 31.7 Å². The molecular weight excluding hydrogens is 242 g/mol. The Bertz CT molecular complexity index is 433. The predicted octanol–water partition coefficient (Wildman–Crippen LogP) is 2.70. The van der Waals surface area contributed by atoms with Crippen LogP contribution in [-0.2, 0) is 4.79 Å². The molecule has 1 heterocycles. The predicted molar refractivity (Wildman–Crippen MR) is 73.4 cm³/mol. The molecule has 4 heteroatoms. The van der Waals surface area contributed by atoms with Gasteiger partial charge in [-0.1, -0.05) is 12.1 Å². The third kappa shape index (κ3) is 3.70. The molecule has 1 N–H and O–H groups in total. The Kier molecular flexibility index (Phi) is 4.80. The molecule has 1 unspecified atom stereocenters. The van der Waals surface area contributed by atoms with Crippen LogP contribution in [0.1, 0.15) is 37.3 Å². The standard InChI is InChI=1S/C15H21NO3/c1-19-13-6-2-5-12(11-13)14-7-3-9-16(14)10-4-8-15(17)18/h2,5-6,11,14H,3-4,7-10H2,1H3,(H,17,18). The fraction of sp³-hybridized carbons (Fsp3) is 0.533. The van der Waals surface area contributed by atoms with Crippen LogP contribution in [-0.4, -0.2) is 36.2 Å². The fourth-order valence-corrected chi connectivity index (χ4v) is 2.75. The largest absolute Gasteiger partial charge is 0.497 e. The van der Waals surface area contributed by atoms with Gasteiger partial charge in [0.25, 0.3) is 0 Å². The van der Waals surface area contributed by atoms with Crippen molar-refractivity contribution < 1.29 is 14.6 Å². The number of nitrogens with zero attached hydrogens (tertiary/aromatic N) is 1. The van der Waals surface area contributed by atoms with Crippen LogP contribution >= 0.6 is 0 Å². The fourth-order valence-electron chi connectivity index (χ4n) is 2.75. The molecule has 19 heavy (non-hydrogen) atoms. The summed E-state index contributed by atoms with van der Waals surface area (Å²) in [6.07, 6.45) is 3.28. The number of carbonyl (C=O) groups is 1. The van der Waals surface area contributed by atoms with Crippen molar-refractivity contribution in [3.05, 3.63) is 29.8 Å². The van der Waals surface area contributed by atoms with Gasteiger partial charge in [0.2, 0.25) is 0 Å². The van der Waals surface area contributed by atoms with Crippen LogP contribution < -0.4 is 4.74 Å². The molecule has 0 aromatic heterocycles. The minimum Gasteiger partial charge on any atom is -0.497 e. The van der Waals surface area contributed by atoms with Gasteiger partial charge in [0.15, 0.2) is 0 Å². The highest BCUT2D eigenvalue weighted by atomic mass is 16.5. The first-order valence-electron chi connectivity index (χ1n) is 6.80. The summed E-state index contributed by atoms with van der Waals surface area (Å²) in [5.74, 6) is 0.173. The van der Waals surface area contributed by atoms with Crippen LogP contribution in [0.4, 0.5) is 0 Å². The molecule has 1 fully saturated rings. The van der Waals surface area contributed by atoms with Crippen LogP contribution in [0.2, 0.25) is 0 Å². The Morgan fingerprint density at radius 3 is 3.11 bits per heavy atom. The van der Waals surface area contributed by atoms with E-state index in [1.54, 1.807) is 7.11 Å². The zero-order valence-electron chi connectivity index (χ0n) is 11.3. The monoisotopic (exact) mass is 263 g/mol. The SMILES string of the molecule is COc1cccc(C2CCCN2CCCC(=O)O)c1. The van der Waals surface area contributed by atoms with E-state index in [1.165, 1.54) is 12.0 Å². The van der Waals surface area contributed by atoms with Gasteiger partial charge in [-0.3, -0.25) is 9.69 Å². The first-order valence-corrected chi connectivity index (χ1v) is 6.80. The highest BCUT2D eigenvalue weighted by molar-refractivity contribution is 5.66. The highest BCUT2D eigenvalue weighted by Gasteiger charge is 2.25. The molecule has 1 saturated heterocycles. The van der Waals surface area contributed by atoms with E-state index in [2.05, 4.69) is 17.0 Å². The number of likely N-dealkylation sites (tertiary alicyclic amines) is 1. The van der Waals surface area contributed by atoms with Crippen molar-refractivity contribution in [2.24, 2.45) is 0 Å². The summed E-state index contributed by atoms with van der Waals surface area (Å²) in [7, 11) is 1.68. The van der Waals surface area contributed by atoms with Crippen LogP contribution in [0, 0.1) is 0 Å². The number of ether oxygens (including phenoxy) is 1. The molecule has 0 saturated carbocycles. The number of hydrogen-bond donors (Lipinski definition) is 1. The Balaban J connectivity index is 1.99. The quantitative estimate of drug-likeness (QED) is 0.857. The lowest BCUT2D eigenvalue weighted by atomic mass is 10.0. The molecular formula is C15H21NO3. The number of carboxylic acids is 1. The summed E-state index contributed by atoms with van der Waals surface area (Å²) in [6.45, 7) is 1.91. The van der Waals surface area contributed by atoms with Gasteiger partial charge in [0.1, 0.15) is 5.75 Å². The third-order valence-corrected chi connectivity index (χ3v) is 3.68. The zero-order valence-corrected chi connectivity index (χ0v) is 11.3. The summed E-state index contributed by atoms with van der Waals surface area (Å²) in [5.41, 5.74) is 1.27. The molecule has 4 nitrogen and oxygen atoms in total. The maximum absolute atomic E-state index is 10.6. The van der Waals surface area contributed by atoms with Gasteiger partial charge in [-0.15, -0.1) is 0 Å². The van der Waals surface area contributed by atoms with Gasteiger partial charge in [0.05, 0.1) is 7.11 Å². The summed E-state index contributed by atoms with van der Waals surface area (Å²) in [5, 5.41) is 8.70. The van der Waals surface area contributed by atoms with Crippen LogP contribution in [0.5, 0.6) is 5.75 Å². The van der Waals surface area contributed by atoms with Gasteiger partial charge in [-0.2, -0.15) is 0 Å². The van der Waals surface area contributed by atoms with Crippen LogP contribution in [0.3, 0.4) is 0 Å². The summed E-state index contributed by atoms with van der Waals surface area (Å²) < 4.78 is 5.27. The van der Waals surface area contributed by atoms with Crippen LogP contribution in [0.15, 0.2) is 24.3 Å². The third-order valence-electron chi connectivity index (χ3n) is 3.68. The number of carboxylic acid groups (broad SMARTS) is 1. The normalized spacial score (nSPS) is 19.5. The average molecular weight is 263 g/mol. The summed E-state index contributed by atoms with van der Waals surface area (Å²) in [6, 6.07) is 8.58. The lowest BCUT2D eigenvalue weighted by molar-refractivity contribution is -0.137. The maximum Gasteiger partial charge on any atom is 0.303 e. The molecule has 104 valence electrons. The highest BCUT2D eigenvalue weighted by Crippen LogP contribution is 2.33. The lowest BCUT2D eigenvalue weighted by Gasteiger charge is -2.24. The second-order valence-corrected chi connectivity index (χ2v) is 4.97. The molecule has 0 radical (unpaired) electrons. The van der Waals surface area contributed by atoms with Crippen molar-refractivity contribution in [2.75, 3.05) is 20.2 Å². The minimum atomic E-state index is -0.711. The number of aliphatic carboxylic acids is 1. The summed E-state index contributed by atoms with van der Waals surface area (Å²) in [4.78, 5) is 13.0. The molecule has 1 aliphatic heterocycles. The van der Waals surface area contributed by atoms with Crippen molar-refractivity contribution in [1.82, 2.24) is 4.90 Å². The molecule has 1 aromatic rings. The lowest BCUT2D eigenvalue weighted by Crippen LogP contribution is -2.24. The first kappa shape index (κ1) is 13.9. The Hall–Kier alpha value is -1.55. The maximum atomic E-state index is 10.6. The van der Waals surface area contributed by atoms with E-state index < -0.39 is 5.97 Å². The van der Waals surface area contributed by atoms with Gasteiger partial charge < -0.3 is 9.84 Å². The van der Waals surface area contributed by atoms with Crippen molar-refractivity contribution in [1.29, 1.82) is 0 Å². The van der Waals surface area contributed by atoms with E-state index in [0.29, 0.717) is 6.04 Å². The van der Waals surface area contributed by atoms with Crippen molar-refractivity contribution in [3.8, 4) is 5.75 Å². The number of hydrogen-bond acceptors (Lipinski definition) is 3. The average Bonchev–Trinajstić information content (AvgIpc) is 2.87. The smallest absolute Gasteiger partial charge is 0.303 e. The van der Waals surface area contributed by atoms with E-state index >= 15 is 0 Å². The second kappa shape index (κ2) is 6.57. The van der Waals surface area contributed by atoms with Crippen molar-refractivity contribution in [2.45, 2.75) is 31.7 Å². The molecule has 0 amide bonds. The van der Waals surface area contributed by atoms with Crippen LogP contribution in [0.25, 0.3) is 0 Å². The molecule has 0 aliphatic carbocycles. The molecule has 2 rings (SSSR count). The van der Waals surface area contributed by atoms with Gasteiger partial charge in [-0.05, 0) is 50.0 Å². The number of methoxy groups -OCH3 is 1. The Morgan fingerprint density at radius 2 is 2.37 bits per heavy atom. The van der Waals surface area contributed by atoms with E-state index in [-0.39, 0.29) is 6.42 Å². The topological polar surface area (TPSA) is 49.8 Å². The summed E-state index contributed by atoms with van der Waals surface area (Å²) >= 11 is 0. The number of rotatable bonds is 6. The molecule has 0 bridgehead atoms. The zero-order chi connectivity index (χ0) is 13.7. The van der Waals surface area contributed by atoms with Crippen molar-refractivity contribution >= 4 is 5.97 Å². The molecule has 0 spiro atoms. The van der Waals surface area contributed by atoms with Crippen molar-refractivity contribution in [3.63, 3.8) is 0 Å². The van der Waals surface area contributed by atoms with Gasteiger partial charge >= 0.3 is 5.97 Å². The Labute approximate surface area is 114 Å². The van der Waals surface area contributed by atoms with Gasteiger partial charge in [-0.25, -0.2) is 0 Å². The van der Waals surface area contributed by atoms with E-state index in [9.17, 15) is 4.79 Å². The van der Waals surface area contributed by atoms with E-state index in [1.807, 2.05) is 12.1 Å².